The monoisotopic (exact) mass is 301 g/mol. The van der Waals surface area contributed by atoms with E-state index in [1.807, 2.05) is 6.07 Å². The van der Waals surface area contributed by atoms with Crippen molar-refractivity contribution >= 4 is 5.91 Å². The molecule has 0 heterocycles. The number of phenols is 1. The maximum atomic E-state index is 10.9. The van der Waals surface area contributed by atoms with E-state index in [-0.39, 0.29) is 29.0 Å². The van der Waals surface area contributed by atoms with E-state index in [1.54, 1.807) is 0 Å². The van der Waals surface area contributed by atoms with Gasteiger partial charge in [0.2, 0.25) is 5.91 Å². The maximum Gasteiger partial charge on any atom is 0.217 e. The first-order valence-corrected chi connectivity index (χ1v) is 7.54. The second-order valence-corrected chi connectivity index (χ2v) is 7.63. The van der Waals surface area contributed by atoms with Crippen molar-refractivity contribution in [3.63, 3.8) is 0 Å². The van der Waals surface area contributed by atoms with E-state index < -0.39 is 0 Å². The van der Waals surface area contributed by atoms with Gasteiger partial charge in [-0.1, -0.05) is 59.4 Å². The lowest BCUT2D eigenvalue weighted by Crippen LogP contribution is -2.19. The van der Waals surface area contributed by atoms with Gasteiger partial charge in [-0.05, 0) is 22.5 Å². The summed E-state index contributed by atoms with van der Waals surface area (Å²) in [5.74, 6) is 5.99. The normalized spacial score (nSPS) is 11.6. The van der Waals surface area contributed by atoms with Crippen LogP contribution in [-0.4, -0.2) is 17.6 Å². The molecule has 2 N–H and O–H groups in total. The van der Waals surface area contributed by atoms with Crippen molar-refractivity contribution in [2.24, 2.45) is 0 Å². The van der Waals surface area contributed by atoms with Gasteiger partial charge in [0.15, 0.2) is 0 Å². The summed E-state index contributed by atoms with van der Waals surface area (Å²) in [5.41, 5.74) is 2.45. The number of benzene rings is 1. The zero-order chi connectivity index (χ0) is 17.1. The van der Waals surface area contributed by atoms with Crippen molar-refractivity contribution < 1.29 is 9.90 Å². The van der Waals surface area contributed by atoms with Crippen molar-refractivity contribution in [1.29, 1.82) is 0 Å². The zero-order valence-corrected chi connectivity index (χ0v) is 14.7. The predicted octanol–water partition coefficient (Wildman–Crippen LogP) is 3.47. The highest BCUT2D eigenvalue weighted by Crippen LogP contribution is 2.37. The topological polar surface area (TPSA) is 49.3 Å². The van der Waals surface area contributed by atoms with Gasteiger partial charge >= 0.3 is 0 Å². The first-order chi connectivity index (χ1) is 9.93. The van der Waals surface area contributed by atoms with E-state index in [4.69, 9.17) is 0 Å². The Morgan fingerprint density at radius 1 is 1.14 bits per heavy atom. The molecule has 0 atom stereocenters. The minimum atomic E-state index is -0.167. The fourth-order valence-electron chi connectivity index (χ4n) is 2.04. The molecule has 1 rings (SSSR count). The van der Waals surface area contributed by atoms with Gasteiger partial charge in [0.25, 0.3) is 0 Å². The molecule has 3 heteroatoms. The lowest BCUT2D eigenvalue weighted by molar-refractivity contribution is -0.118. The molecule has 22 heavy (non-hydrogen) atoms. The minimum absolute atomic E-state index is 0.0260. The van der Waals surface area contributed by atoms with Gasteiger partial charge in [0.1, 0.15) is 5.75 Å². The maximum absolute atomic E-state index is 10.9. The molecule has 0 saturated carbocycles. The number of carbonyl (C=O) groups is 1. The van der Waals surface area contributed by atoms with E-state index >= 15 is 0 Å². The molecule has 120 valence electrons. The predicted molar refractivity (Wildman–Crippen MR) is 91.1 cm³/mol. The van der Waals surface area contributed by atoms with Crippen molar-refractivity contribution in [3.8, 4) is 17.6 Å². The molecule has 1 aromatic rings. The SMILES string of the molecule is CC(=O)NCC#Cc1cc(C(C)(C)C)cc(C(C)(C)C)c1O. The molecule has 0 aliphatic carbocycles. The zero-order valence-electron chi connectivity index (χ0n) is 14.7. The highest BCUT2D eigenvalue weighted by Gasteiger charge is 2.24. The number of hydrogen-bond donors (Lipinski definition) is 2. The van der Waals surface area contributed by atoms with Crippen LogP contribution >= 0.6 is 0 Å². The molecule has 0 saturated heterocycles. The van der Waals surface area contributed by atoms with Crippen LogP contribution in [0.5, 0.6) is 5.75 Å². The van der Waals surface area contributed by atoms with Crippen LogP contribution in [0.1, 0.15) is 65.2 Å². The largest absolute Gasteiger partial charge is 0.506 e. The molecule has 0 unspecified atom stereocenters. The van der Waals surface area contributed by atoms with Gasteiger partial charge in [0.05, 0.1) is 12.1 Å². The molecule has 3 nitrogen and oxygen atoms in total. The Balaban J connectivity index is 3.34. The third-order valence-corrected chi connectivity index (χ3v) is 3.43. The van der Waals surface area contributed by atoms with Gasteiger partial charge < -0.3 is 10.4 Å². The van der Waals surface area contributed by atoms with Gasteiger partial charge in [-0.25, -0.2) is 0 Å². The van der Waals surface area contributed by atoms with Crippen LogP contribution in [0.25, 0.3) is 0 Å². The number of carbonyl (C=O) groups excluding carboxylic acids is 1. The Kier molecular flexibility index (Phi) is 5.30. The lowest BCUT2D eigenvalue weighted by Gasteiger charge is -2.26. The number of aromatic hydroxyl groups is 1. The molecule has 0 aliphatic rings. The minimum Gasteiger partial charge on any atom is -0.506 e. The number of rotatable bonds is 1. The van der Waals surface area contributed by atoms with Crippen molar-refractivity contribution in [3.05, 3.63) is 28.8 Å². The standard InChI is InChI=1S/C19H27NO2/c1-13(21)20-10-8-9-14-11-15(18(2,3)4)12-16(17(14)22)19(5,6)7/h11-12,22H,10H2,1-7H3,(H,20,21). The summed E-state index contributed by atoms with van der Waals surface area (Å²) in [4.78, 5) is 10.9. The first-order valence-electron chi connectivity index (χ1n) is 7.54. The summed E-state index contributed by atoms with van der Waals surface area (Å²) in [6.45, 7) is 14.4. The average Bonchev–Trinajstić information content (AvgIpc) is 2.33. The summed E-state index contributed by atoms with van der Waals surface area (Å²) in [7, 11) is 0. The Bertz CT molecular complexity index is 620. The number of hydrogen-bond acceptors (Lipinski definition) is 2. The van der Waals surface area contributed by atoms with Crippen molar-refractivity contribution in [1.82, 2.24) is 5.32 Å². The van der Waals surface area contributed by atoms with Crippen molar-refractivity contribution in [2.45, 2.75) is 59.3 Å². The van der Waals surface area contributed by atoms with Crippen LogP contribution in [0.15, 0.2) is 12.1 Å². The van der Waals surface area contributed by atoms with E-state index in [2.05, 4.69) is 64.8 Å². The third-order valence-electron chi connectivity index (χ3n) is 3.43. The van der Waals surface area contributed by atoms with Crippen LogP contribution in [-0.2, 0) is 15.6 Å². The summed E-state index contributed by atoms with van der Waals surface area (Å²) in [6, 6.07) is 4.00. The van der Waals surface area contributed by atoms with E-state index in [0.29, 0.717) is 5.56 Å². The molecule has 0 radical (unpaired) electrons. The van der Waals surface area contributed by atoms with Crippen LogP contribution < -0.4 is 5.32 Å². The second kappa shape index (κ2) is 6.44. The molecule has 0 bridgehead atoms. The van der Waals surface area contributed by atoms with Crippen LogP contribution in [0.3, 0.4) is 0 Å². The van der Waals surface area contributed by atoms with Crippen LogP contribution in [0.4, 0.5) is 0 Å². The van der Waals surface area contributed by atoms with E-state index in [9.17, 15) is 9.90 Å². The van der Waals surface area contributed by atoms with Gasteiger partial charge in [-0.2, -0.15) is 0 Å². The average molecular weight is 301 g/mol. The third kappa shape index (κ3) is 4.80. The molecule has 0 fully saturated rings. The fourth-order valence-corrected chi connectivity index (χ4v) is 2.04. The highest BCUT2D eigenvalue weighted by atomic mass is 16.3. The Labute approximate surface area is 134 Å². The molecular formula is C19H27NO2. The first kappa shape index (κ1) is 18.1. The van der Waals surface area contributed by atoms with Crippen LogP contribution in [0, 0.1) is 11.8 Å². The number of nitrogens with one attached hydrogen (secondary N) is 1. The van der Waals surface area contributed by atoms with Gasteiger partial charge in [-0.3, -0.25) is 4.79 Å². The highest BCUT2D eigenvalue weighted by molar-refractivity contribution is 5.73. The Morgan fingerprint density at radius 2 is 1.73 bits per heavy atom. The number of amides is 1. The fraction of sp³-hybridized carbons (Fsp3) is 0.526. The van der Waals surface area contributed by atoms with Gasteiger partial charge in [-0.15, -0.1) is 0 Å². The summed E-state index contributed by atoms with van der Waals surface area (Å²) in [6.07, 6.45) is 0. The van der Waals surface area contributed by atoms with Gasteiger partial charge in [0, 0.05) is 12.5 Å². The lowest BCUT2D eigenvalue weighted by atomic mass is 9.79. The summed E-state index contributed by atoms with van der Waals surface area (Å²) >= 11 is 0. The molecule has 1 amide bonds. The molecule has 0 aliphatic heterocycles. The Morgan fingerprint density at radius 3 is 2.18 bits per heavy atom. The Hall–Kier alpha value is -1.95. The molecule has 0 spiro atoms. The molecule has 1 aromatic carbocycles. The summed E-state index contributed by atoms with van der Waals surface area (Å²) in [5, 5.41) is 13.2. The summed E-state index contributed by atoms with van der Waals surface area (Å²) < 4.78 is 0. The smallest absolute Gasteiger partial charge is 0.217 e. The number of phenolic OH excluding ortho intramolecular Hbond substituents is 1. The van der Waals surface area contributed by atoms with Crippen molar-refractivity contribution in [2.75, 3.05) is 6.54 Å². The molecule has 0 aromatic heterocycles. The van der Waals surface area contributed by atoms with E-state index in [0.717, 1.165) is 11.1 Å². The van der Waals surface area contributed by atoms with Crippen LogP contribution in [0.2, 0.25) is 0 Å². The second-order valence-electron chi connectivity index (χ2n) is 7.63. The van der Waals surface area contributed by atoms with E-state index in [1.165, 1.54) is 6.92 Å². The quantitative estimate of drug-likeness (QED) is 0.780. The molecular weight excluding hydrogens is 274 g/mol.